The number of ether oxygens (including phenoxy) is 1. The largest absolute Gasteiger partial charge is 0.444 e. The predicted octanol–water partition coefficient (Wildman–Crippen LogP) is 1.06. The standard InChI is InChI=1S/C13H19BrN2O5/c1-13(2,3)21-12(20)16-6-9(17)10(18)8-4-7(14)5-15-11(8)19/h4-5,9-10,17-18H,6H2,1-3H3,(H,15,19)(H,16,20). The number of aliphatic hydroxyl groups is 2. The summed E-state index contributed by atoms with van der Waals surface area (Å²) in [6.45, 7) is 4.87. The summed E-state index contributed by atoms with van der Waals surface area (Å²) in [5, 5.41) is 22.1. The van der Waals surface area contributed by atoms with Gasteiger partial charge in [0.25, 0.3) is 5.56 Å². The second-order valence-corrected chi connectivity index (χ2v) is 6.41. The molecule has 21 heavy (non-hydrogen) atoms. The summed E-state index contributed by atoms with van der Waals surface area (Å²) in [6.07, 6.45) is -2.06. The number of rotatable bonds is 4. The Kier molecular flexibility index (Phi) is 5.94. The Balaban J connectivity index is 2.63. The van der Waals surface area contributed by atoms with E-state index in [1.807, 2.05) is 0 Å². The third-order valence-corrected chi connectivity index (χ3v) is 2.89. The van der Waals surface area contributed by atoms with Crippen molar-refractivity contribution >= 4 is 22.0 Å². The highest BCUT2D eigenvalue weighted by Crippen LogP contribution is 2.16. The van der Waals surface area contributed by atoms with Crippen molar-refractivity contribution in [3.63, 3.8) is 0 Å². The average Bonchev–Trinajstić information content (AvgIpc) is 2.36. The van der Waals surface area contributed by atoms with Crippen LogP contribution in [0.5, 0.6) is 0 Å². The minimum absolute atomic E-state index is 0.00265. The first kappa shape index (κ1) is 17.7. The van der Waals surface area contributed by atoms with Gasteiger partial charge in [0.15, 0.2) is 0 Å². The monoisotopic (exact) mass is 362 g/mol. The molecule has 0 spiro atoms. The lowest BCUT2D eigenvalue weighted by Gasteiger charge is -2.22. The maximum Gasteiger partial charge on any atom is 0.407 e. The summed E-state index contributed by atoms with van der Waals surface area (Å²) >= 11 is 3.16. The van der Waals surface area contributed by atoms with Gasteiger partial charge in [-0.2, -0.15) is 0 Å². The fourth-order valence-electron chi connectivity index (χ4n) is 1.51. The molecule has 0 radical (unpaired) electrons. The summed E-state index contributed by atoms with van der Waals surface area (Å²) in [7, 11) is 0. The number of halogens is 1. The molecule has 2 atom stereocenters. The van der Waals surface area contributed by atoms with Gasteiger partial charge in [0.2, 0.25) is 0 Å². The molecule has 0 aliphatic carbocycles. The van der Waals surface area contributed by atoms with Gasteiger partial charge in [-0.05, 0) is 42.8 Å². The van der Waals surface area contributed by atoms with Gasteiger partial charge in [-0.15, -0.1) is 0 Å². The van der Waals surface area contributed by atoms with Gasteiger partial charge in [-0.1, -0.05) is 0 Å². The molecule has 0 saturated heterocycles. The number of carbonyl (C=O) groups excluding carboxylic acids is 1. The Morgan fingerprint density at radius 1 is 1.48 bits per heavy atom. The zero-order chi connectivity index (χ0) is 16.2. The fourth-order valence-corrected chi connectivity index (χ4v) is 1.88. The van der Waals surface area contributed by atoms with Crippen LogP contribution < -0.4 is 10.9 Å². The minimum atomic E-state index is -1.43. The fraction of sp³-hybridized carbons (Fsp3) is 0.538. The molecule has 1 heterocycles. The first-order chi connectivity index (χ1) is 9.60. The van der Waals surface area contributed by atoms with Gasteiger partial charge in [0.1, 0.15) is 17.8 Å². The highest BCUT2D eigenvalue weighted by atomic mass is 79.9. The number of carbonyl (C=O) groups is 1. The first-order valence-electron chi connectivity index (χ1n) is 6.31. The SMILES string of the molecule is CC(C)(C)OC(=O)NCC(O)C(O)c1cc(Br)c[nH]c1=O. The molecule has 0 saturated carbocycles. The van der Waals surface area contributed by atoms with Crippen LogP contribution in [0.4, 0.5) is 4.79 Å². The van der Waals surface area contributed by atoms with Crippen LogP contribution in [0, 0.1) is 0 Å². The van der Waals surface area contributed by atoms with Crippen molar-refractivity contribution in [2.75, 3.05) is 6.54 Å². The number of hydrogen-bond acceptors (Lipinski definition) is 5. The molecule has 0 aliphatic rings. The number of pyridine rings is 1. The number of alkyl carbamates (subject to hydrolysis) is 1. The predicted molar refractivity (Wildman–Crippen MR) is 80.0 cm³/mol. The van der Waals surface area contributed by atoms with E-state index in [4.69, 9.17) is 4.74 Å². The summed E-state index contributed by atoms with van der Waals surface area (Å²) in [4.78, 5) is 25.4. The molecule has 2 unspecified atom stereocenters. The van der Waals surface area contributed by atoms with E-state index < -0.39 is 29.5 Å². The number of aliphatic hydroxyl groups excluding tert-OH is 2. The topological polar surface area (TPSA) is 112 Å². The molecule has 7 nitrogen and oxygen atoms in total. The van der Waals surface area contributed by atoms with E-state index in [-0.39, 0.29) is 12.1 Å². The van der Waals surface area contributed by atoms with E-state index in [0.717, 1.165) is 0 Å². The normalized spacial score (nSPS) is 14.4. The van der Waals surface area contributed by atoms with Gasteiger partial charge in [0, 0.05) is 22.8 Å². The number of aromatic nitrogens is 1. The van der Waals surface area contributed by atoms with Crippen molar-refractivity contribution in [2.45, 2.75) is 38.6 Å². The number of H-pyrrole nitrogens is 1. The van der Waals surface area contributed by atoms with Crippen molar-refractivity contribution in [1.29, 1.82) is 0 Å². The van der Waals surface area contributed by atoms with Crippen LogP contribution in [0.15, 0.2) is 21.5 Å². The lowest BCUT2D eigenvalue weighted by atomic mass is 10.1. The van der Waals surface area contributed by atoms with Crippen LogP contribution in [0.3, 0.4) is 0 Å². The number of aromatic amines is 1. The van der Waals surface area contributed by atoms with Crippen LogP contribution >= 0.6 is 15.9 Å². The van der Waals surface area contributed by atoms with E-state index in [1.54, 1.807) is 20.8 Å². The molecule has 4 N–H and O–H groups in total. The minimum Gasteiger partial charge on any atom is -0.444 e. The van der Waals surface area contributed by atoms with Crippen molar-refractivity contribution in [3.05, 3.63) is 32.7 Å². The molecule has 8 heteroatoms. The van der Waals surface area contributed by atoms with Gasteiger partial charge in [-0.3, -0.25) is 4.79 Å². The smallest absolute Gasteiger partial charge is 0.407 e. The molecule has 0 aliphatic heterocycles. The van der Waals surface area contributed by atoms with Crippen LogP contribution in [0.1, 0.15) is 32.4 Å². The van der Waals surface area contributed by atoms with Crippen LogP contribution in [0.2, 0.25) is 0 Å². The van der Waals surface area contributed by atoms with E-state index >= 15 is 0 Å². The van der Waals surface area contributed by atoms with Crippen LogP contribution in [-0.4, -0.2) is 39.5 Å². The van der Waals surface area contributed by atoms with Crippen molar-refractivity contribution in [3.8, 4) is 0 Å². The summed E-state index contributed by atoms with van der Waals surface area (Å²) in [5.41, 5.74) is -1.17. The Bertz CT molecular complexity index is 552. The molecule has 118 valence electrons. The molecule has 0 fully saturated rings. The van der Waals surface area contributed by atoms with Crippen LogP contribution in [-0.2, 0) is 4.74 Å². The number of nitrogens with one attached hydrogen (secondary N) is 2. The second-order valence-electron chi connectivity index (χ2n) is 5.50. The Morgan fingerprint density at radius 3 is 2.67 bits per heavy atom. The van der Waals surface area contributed by atoms with Gasteiger partial charge < -0.3 is 25.3 Å². The molecular formula is C13H19BrN2O5. The van der Waals surface area contributed by atoms with E-state index in [9.17, 15) is 19.8 Å². The summed E-state index contributed by atoms with van der Waals surface area (Å²) in [6, 6.07) is 1.40. The van der Waals surface area contributed by atoms with Crippen molar-refractivity contribution < 1.29 is 19.7 Å². The molecule has 1 aromatic rings. The number of hydrogen-bond donors (Lipinski definition) is 4. The van der Waals surface area contributed by atoms with E-state index in [2.05, 4.69) is 26.2 Å². The van der Waals surface area contributed by atoms with E-state index in [1.165, 1.54) is 12.3 Å². The molecule has 1 aromatic heterocycles. The zero-order valence-corrected chi connectivity index (χ0v) is 13.6. The third-order valence-electron chi connectivity index (χ3n) is 2.43. The lowest BCUT2D eigenvalue weighted by molar-refractivity contribution is 0.0122. The summed E-state index contributed by atoms with van der Waals surface area (Å²) < 4.78 is 5.56. The Morgan fingerprint density at radius 2 is 2.10 bits per heavy atom. The van der Waals surface area contributed by atoms with Gasteiger partial charge >= 0.3 is 6.09 Å². The Labute approximate surface area is 130 Å². The lowest BCUT2D eigenvalue weighted by Crippen LogP contribution is -2.39. The maximum absolute atomic E-state index is 11.6. The van der Waals surface area contributed by atoms with E-state index in [0.29, 0.717) is 4.47 Å². The molecular weight excluding hydrogens is 344 g/mol. The van der Waals surface area contributed by atoms with Crippen LogP contribution in [0.25, 0.3) is 0 Å². The highest BCUT2D eigenvalue weighted by molar-refractivity contribution is 9.10. The summed E-state index contributed by atoms with van der Waals surface area (Å²) in [5.74, 6) is 0. The molecule has 1 rings (SSSR count). The third kappa shape index (κ3) is 5.86. The van der Waals surface area contributed by atoms with Gasteiger partial charge in [-0.25, -0.2) is 4.79 Å². The molecule has 0 aromatic carbocycles. The van der Waals surface area contributed by atoms with Crippen molar-refractivity contribution in [1.82, 2.24) is 10.3 Å². The quantitative estimate of drug-likeness (QED) is 0.639. The highest BCUT2D eigenvalue weighted by Gasteiger charge is 2.23. The van der Waals surface area contributed by atoms with Gasteiger partial charge in [0.05, 0.1) is 0 Å². The maximum atomic E-state index is 11.6. The number of amides is 1. The first-order valence-corrected chi connectivity index (χ1v) is 7.10. The Hall–Kier alpha value is -1.38. The van der Waals surface area contributed by atoms with Crippen molar-refractivity contribution in [2.24, 2.45) is 0 Å². The average molecular weight is 363 g/mol. The second kappa shape index (κ2) is 7.06. The molecule has 1 amide bonds. The zero-order valence-electron chi connectivity index (χ0n) is 12.0. The molecule has 0 bridgehead atoms.